The molecule has 0 saturated heterocycles. The summed E-state index contributed by atoms with van der Waals surface area (Å²) in [6, 6.07) is 21.2. The molecule has 34 heavy (non-hydrogen) atoms. The fraction of sp³-hybridized carbons (Fsp3) is 0.250. The average molecular weight is 460 g/mol. The summed E-state index contributed by atoms with van der Waals surface area (Å²) >= 11 is 0. The SMILES string of the molecule is CCN1c2ccccc2Oc2ccc(C(C)=CCOc3ccc(OC(C)(C)C(=O)O)cc3)cc21. The number of allylic oxidation sites excluding steroid dienone is 1. The number of nitrogens with zero attached hydrogens (tertiary/aromatic N) is 1. The van der Waals surface area contributed by atoms with Gasteiger partial charge >= 0.3 is 5.97 Å². The molecule has 0 saturated carbocycles. The van der Waals surface area contributed by atoms with Crippen LogP contribution in [0.2, 0.25) is 0 Å². The number of fused-ring (bicyclic) bond motifs is 2. The molecule has 1 heterocycles. The van der Waals surface area contributed by atoms with E-state index in [1.54, 1.807) is 24.3 Å². The minimum absolute atomic E-state index is 0.403. The van der Waals surface area contributed by atoms with Crippen LogP contribution in [0.1, 0.15) is 33.3 Å². The van der Waals surface area contributed by atoms with E-state index in [-0.39, 0.29) is 0 Å². The maximum atomic E-state index is 11.2. The molecule has 6 heteroatoms. The number of carboxylic acids is 1. The normalized spacial score (nSPS) is 12.9. The van der Waals surface area contributed by atoms with Crippen molar-refractivity contribution in [1.82, 2.24) is 0 Å². The zero-order chi connectivity index (χ0) is 24.3. The van der Waals surface area contributed by atoms with Crippen LogP contribution in [0, 0.1) is 0 Å². The Morgan fingerprint density at radius 2 is 1.68 bits per heavy atom. The quantitative estimate of drug-likeness (QED) is 0.405. The van der Waals surface area contributed by atoms with Crippen molar-refractivity contribution in [3.05, 3.63) is 78.4 Å². The first-order valence-electron chi connectivity index (χ1n) is 11.3. The van der Waals surface area contributed by atoms with E-state index in [1.807, 2.05) is 30.3 Å². The van der Waals surface area contributed by atoms with E-state index in [1.165, 1.54) is 13.8 Å². The molecule has 1 aliphatic heterocycles. The molecule has 1 aliphatic rings. The van der Waals surface area contributed by atoms with Crippen molar-refractivity contribution in [1.29, 1.82) is 0 Å². The van der Waals surface area contributed by atoms with Crippen LogP contribution in [-0.2, 0) is 4.79 Å². The lowest BCUT2D eigenvalue weighted by Gasteiger charge is -2.32. The summed E-state index contributed by atoms with van der Waals surface area (Å²) in [6.07, 6.45) is 2.04. The highest BCUT2D eigenvalue weighted by atomic mass is 16.5. The highest BCUT2D eigenvalue weighted by Gasteiger charge is 2.29. The fourth-order valence-corrected chi connectivity index (χ4v) is 3.74. The van der Waals surface area contributed by atoms with Gasteiger partial charge in [-0.05, 0) is 93.4 Å². The van der Waals surface area contributed by atoms with Gasteiger partial charge in [0.1, 0.15) is 18.1 Å². The van der Waals surface area contributed by atoms with Gasteiger partial charge in [0, 0.05) is 6.54 Å². The number of carbonyl (C=O) groups is 1. The molecule has 0 aliphatic carbocycles. The van der Waals surface area contributed by atoms with Crippen LogP contribution in [0.25, 0.3) is 5.57 Å². The van der Waals surface area contributed by atoms with E-state index in [0.717, 1.165) is 40.6 Å². The predicted molar refractivity (Wildman–Crippen MR) is 134 cm³/mol. The monoisotopic (exact) mass is 459 g/mol. The van der Waals surface area contributed by atoms with Crippen molar-refractivity contribution in [2.24, 2.45) is 0 Å². The number of aliphatic carboxylic acids is 1. The standard InChI is InChI=1S/C28H29NO5/c1-5-29-23-8-6-7-9-25(23)33-26-15-10-20(18-24(26)29)19(2)16-17-32-21-11-13-22(14-12-21)34-28(3,4)27(30)31/h6-16,18H,5,17H2,1-4H3,(H,30,31). The van der Waals surface area contributed by atoms with Gasteiger partial charge in [0.15, 0.2) is 17.1 Å². The second-order valence-corrected chi connectivity index (χ2v) is 8.58. The number of carboxylic acid groups (broad SMARTS) is 1. The van der Waals surface area contributed by atoms with E-state index in [2.05, 4.69) is 36.9 Å². The lowest BCUT2D eigenvalue weighted by atomic mass is 10.0. The van der Waals surface area contributed by atoms with Gasteiger partial charge in [0.05, 0.1) is 11.4 Å². The van der Waals surface area contributed by atoms with Gasteiger partial charge in [0.2, 0.25) is 0 Å². The number of para-hydroxylation sites is 2. The van der Waals surface area contributed by atoms with Gasteiger partial charge in [-0.2, -0.15) is 0 Å². The summed E-state index contributed by atoms with van der Waals surface area (Å²) in [5.74, 6) is 1.85. The van der Waals surface area contributed by atoms with Crippen LogP contribution in [0.3, 0.4) is 0 Å². The molecule has 0 aromatic heterocycles. The van der Waals surface area contributed by atoms with Crippen LogP contribution in [0.5, 0.6) is 23.0 Å². The lowest BCUT2D eigenvalue weighted by molar-refractivity contribution is -0.152. The van der Waals surface area contributed by atoms with E-state index in [4.69, 9.17) is 14.2 Å². The van der Waals surface area contributed by atoms with Crippen molar-refractivity contribution in [2.45, 2.75) is 33.3 Å². The highest BCUT2D eigenvalue weighted by molar-refractivity contribution is 5.81. The molecule has 1 N–H and O–H groups in total. The fourth-order valence-electron chi connectivity index (χ4n) is 3.74. The molecule has 176 valence electrons. The Balaban J connectivity index is 1.42. The van der Waals surface area contributed by atoms with E-state index < -0.39 is 11.6 Å². The predicted octanol–water partition coefficient (Wildman–Crippen LogP) is 6.67. The van der Waals surface area contributed by atoms with Crippen LogP contribution in [0.15, 0.2) is 72.8 Å². The molecule has 0 radical (unpaired) electrons. The van der Waals surface area contributed by atoms with Gasteiger partial charge in [-0.1, -0.05) is 18.2 Å². The van der Waals surface area contributed by atoms with Gasteiger partial charge in [-0.25, -0.2) is 4.79 Å². The molecule has 0 unspecified atom stereocenters. The number of hydrogen-bond acceptors (Lipinski definition) is 5. The molecule has 0 amide bonds. The van der Waals surface area contributed by atoms with Crippen molar-refractivity contribution >= 4 is 22.9 Å². The van der Waals surface area contributed by atoms with Crippen molar-refractivity contribution < 1.29 is 24.1 Å². The molecule has 0 fully saturated rings. The maximum absolute atomic E-state index is 11.2. The van der Waals surface area contributed by atoms with Crippen molar-refractivity contribution in [2.75, 3.05) is 18.1 Å². The third-order valence-electron chi connectivity index (χ3n) is 5.75. The van der Waals surface area contributed by atoms with Crippen LogP contribution in [-0.4, -0.2) is 29.8 Å². The molecule has 4 rings (SSSR count). The molecule has 0 atom stereocenters. The smallest absolute Gasteiger partial charge is 0.347 e. The Labute approximate surface area is 200 Å². The summed E-state index contributed by atoms with van der Waals surface area (Å²) in [6.45, 7) is 8.46. The van der Waals surface area contributed by atoms with E-state index in [9.17, 15) is 9.90 Å². The van der Waals surface area contributed by atoms with Crippen molar-refractivity contribution in [3.63, 3.8) is 0 Å². The summed E-state index contributed by atoms with van der Waals surface area (Å²) in [4.78, 5) is 13.5. The minimum Gasteiger partial charge on any atom is -0.490 e. The van der Waals surface area contributed by atoms with Gasteiger partial charge < -0.3 is 24.2 Å². The van der Waals surface area contributed by atoms with Crippen LogP contribution in [0.4, 0.5) is 11.4 Å². The Kier molecular flexibility index (Phi) is 6.50. The summed E-state index contributed by atoms with van der Waals surface area (Å²) in [7, 11) is 0. The molecular formula is C28H29NO5. The number of anilines is 2. The highest BCUT2D eigenvalue weighted by Crippen LogP contribution is 2.47. The second-order valence-electron chi connectivity index (χ2n) is 8.58. The van der Waals surface area contributed by atoms with Gasteiger partial charge in [-0.3, -0.25) is 0 Å². The largest absolute Gasteiger partial charge is 0.490 e. The van der Waals surface area contributed by atoms with Gasteiger partial charge in [0.25, 0.3) is 0 Å². The van der Waals surface area contributed by atoms with E-state index in [0.29, 0.717) is 18.1 Å². The van der Waals surface area contributed by atoms with E-state index >= 15 is 0 Å². The van der Waals surface area contributed by atoms with Crippen LogP contribution < -0.4 is 19.1 Å². The molecule has 6 nitrogen and oxygen atoms in total. The first-order valence-corrected chi connectivity index (χ1v) is 11.3. The summed E-state index contributed by atoms with van der Waals surface area (Å²) in [5.41, 5.74) is 3.02. The van der Waals surface area contributed by atoms with Crippen LogP contribution >= 0.6 is 0 Å². The number of benzene rings is 3. The first-order chi connectivity index (χ1) is 16.3. The summed E-state index contributed by atoms with van der Waals surface area (Å²) in [5, 5.41) is 9.19. The Bertz CT molecular complexity index is 1210. The number of ether oxygens (including phenoxy) is 3. The molecule has 0 bridgehead atoms. The number of rotatable bonds is 8. The third kappa shape index (κ3) is 4.86. The topological polar surface area (TPSA) is 68.2 Å². The molecule has 3 aromatic carbocycles. The van der Waals surface area contributed by atoms with Gasteiger partial charge in [-0.15, -0.1) is 0 Å². The zero-order valence-electron chi connectivity index (χ0n) is 19.9. The molecule has 3 aromatic rings. The second kappa shape index (κ2) is 9.51. The van der Waals surface area contributed by atoms with Crippen molar-refractivity contribution in [3.8, 4) is 23.0 Å². The average Bonchev–Trinajstić information content (AvgIpc) is 2.83. The molecule has 0 spiro atoms. The zero-order valence-corrected chi connectivity index (χ0v) is 19.9. The lowest BCUT2D eigenvalue weighted by Crippen LogP contribution is -2.37. The Morgan fingerprint density at radius 3 is 2.38 bits per heavy atom. The first kappa shape index (κ1) is 23.2. The third-order valence-corrected chi connectivity index (χ3v) is 5.75. The maximum Gasteiger partial charge on any atom is 0.347 e. The Morgan fingerprint density at radius 1 is 1.00 bits per heavy atom. The number of hydrogen-bond donors (Lipinski definition) is 1. The minimum atomic E-state index is -1.29. The Hall–Kier alpha value is -3.93. The molecular weight excluding hydrogens is 430 g/mol. The summed E-state index contributed by atoms with van der Waals surface area (Å²) < 4.78 is 17.5.